The van der Waals surface area contributed by atoms with E-state index in [4.69, 9.17) is 9.84 Å². The molecule has 2 rings (SSSR count). The van der Waals surface area contributed by atoms with E-state index in [1.54, 1.807) is 17.4 Å². The number of carbonyl (C=O) groups is 1. The Hall–Kier alpha value is -1.62. The summed E-state index contributed by atoms with van der Waals surface area (Å²) in [6.07, 6.45) is 0.955. The zero-order chi connectivity index (χ0) is 14.9. The molecule has 0 atom stereocenters. The van der Waals surface area contributed by atoms with Crippen LogP contribution in [0.15, 0.2) is 18.2 Å². The standard InChI is InChI=1S/C15H19NO3S/c1-9(2)7-13-16-11-6-5-10(8-12(11)20-13)19-15(3,4)14(17)18/h5-6,8-9H,7H2,1-4H3,(H,17,18). The van der Waals surface area contributed by atoms with Crippen molar-refractivity contribution in [1.82, 2.24) is 4.98 Å². The number of fused-ring (bicyclic) bond motifs is 1. The molecule has 0 fully saturated rings. The molecule has 0 aliphatic heterocycles. The van der Waals surface area contributed by atoms with Crippen LogP contribution < -0.4 is 4.74 Å². The number of aliphatic carboxylic acids is 1. The first-order chi connectivity index (χ1) is 9.28. The summed E-state index contributed by atoms with van der Waals surface area (Å²) < 4.78 is 6.57. The highest BCUT2D eigenvalue weighted by Gasteiger charge is 2.29. The Balaban J connectivity index is 2.27. The highest BCUT2D eigenvalue weighted by molar-refractivity contribution is 7.18. The van der Waals surface area contributed by atoms with Crippen molar-refractivity contribution in [3.63, 3.8) is 0 Å². The van der Waals surface area contributed by atoms with Crippen LogP contribution in [0.5, 0.6) is 5.75 Å². The van der Waals surface area contributed by atoms with Gasteiger partial charge in [-0.05, 0) is 38.0 Å². The van der Waals surface area contributed by atoms with Gasteiger partial charge in [-0.25, -0.2) is 9.78 Å². The van der Waals surface area contributed by atoms with E-state index in [1.165, 1.54) is 13.8 Å². The molecule has 0 aliphatic rings. The number of aromatic nitrogens is 1. The second-order valence-corrected chi connectivity index (χ2v) is 6.87. The van der Waals surface area contributed by atoms with E-state index in [-0.39, 0.29) is 0 Å². The quantitative estimate of drug-likeness (QED) is 0.912. The van der Waals surface area contributed by atoms with Crippen molar-refractivity contribution >= 4 is 27.5 Å². The Labute approximate surface area is 122 Å². The fraction of sp³-hybridized carbons (Fsp3) is 0.467. The average molecular weight is 293 g/mol. The van der Waals surface area contributed by atoms with E-state index in [0.29, 0.717) is 11.7 Å². The van der Waals surface area contributed by atoms with Crippen LogP contribution in [0.3, 0.4) is 0 Å². The zero-order valence-corrected chi connectivity index (χ0v) is 13.0. The topological polar surface area (TPSA) is 59.4 Å². The van der Waals surface area contributed by atoms with Crippen molar-refractivity contribution in [2.75, 3.05) is 0 Å². The largest absolute Gasteiger partial charge is 0.478 e. The summed E-state index contributed by atoms with van der Waals surface area (Å²) in [7, 11) is 0. The number of carboxylic acids is 1. The Morgan fingerprint density at radius 1 is 1.45 bits per heavy atom. The first-order valence-electron chi connectivity index (χ1n) is 6.60. The summed E-state index contributed by atoms with van der Waals surface area (Å²) in [6.45, 7) is 7.40. The van der Waals surface area contributed by atoms with Crippen molar-refractivity contribution in [1.29, 1.82) is 0 Å². The van der Waals surface area contributed by atoms with Gasteiger partial charge in [-0.15, -0.1) is 11.3 Å². The van der Waals surface area contributed by atoms with Crippen molar-refractivity contribution in [3.8, 4) is 5.75 Å². The van der Waals surface area contributed by atoms with Gasteiger partial charge in [-0.2, -0.15) is 0 Å². The number of benzene rings is 1. The van der Waals surface area contributed by atoms with Gasteiger partial charge in [-0.3, -0.25) is 0 Å². The van der Waals surface area contributed by atoms with E-state index in [0.717, 1.165) is 21.6 Å². The molecule has 108 valence electrons. The molecule has 1 heterocycles. The van der Waals surface area contributed by atoms with Crippen LogP contribution in [-0.4, -0.2) is 21.7 Å². The van der Waals surface area contributed by atoms with Gasteiger partial charge in [-0.1, -0.05) is 13.8 Å². The molecule has 0 spiro atoms. The number of ether oxygens (including phenoxy) is 1. The van der Waals surface area contributed by atoms with Crippen LogP contribution in [-0.2, 0) is 11.2 Å². The van der Waals surface area contributed by atoms with E-state index in [2.05, 4.69) is 18.8 Å². The van der Waals surface area contributed by atoms with Crippen molar-refractivity contribution < 1.29 is 14.6 Å². The highest BCUT2D eigenvalue weighted by atomic mass is 32.1. The predicted octanol–water partition coefficient (Wildman–Crippen LogP) is 3.74. The number of thiazole rings is 1. The molecule has 1 aromatic carbocycles. The van der Waals surface area contributed by atoms with Crippen molar-refractivity contribution in [2.24, 2.45) is 5.92 Å². The number of hydrogen-bond acceptors (Lipinski definition) is 4. The summed E-state index contributed by atoms with van der Waals surface area (Å²) in [6, 6.07) is 5.51. The lowest BCUT2D eigenvalue weighted by Crippen LogP contribution is -2.37. The summed E-state index contributed by atoms with van der Waals surface area (Å²) >= 11 is 1.64. The van der Waals surface area contributed by atoms with E-state index in [9.17, 15) is 4.79 Å². The molecule has 0 saturated heterocycles. The molecule has 0 amide bonds. The number of carboxylic acid groups (broad SMARTS) is 1. The van der Waals surface area contributed by atoms with Gasteiger partial charge in [0.2, 0.25) is 0 Å². The average Bonchev–Trinajstić information content (AvgIpc) is 2.68. The Morgan fingerprint density at radius 3 is 2.75 bits per heavy atom. The molecule has 0 aliphatic carbocycles. The first kappa shape index (κ1) is 14.8. The third kappa shape index (κ3) is 3.28. The van der Waals surface area contributed by atoms with Gasteiger partial charge in [0.25, 0.3) is 0 Å². The highest BCUT2D eigenvalue weighted by Crippen LogP contribution is 2.29. The Morgan fingerprint density at radius 2 is 2.15 bits per heavy atom. The van der Waals surface area contributed by atoms with Crippen LogP contribution in [0.1, 0.15) is 32.7 Å². The summed E-state index contributed by atoms with van der Waals surface area (Å²) in [5.41, 5.74) is -0.301. The molecule has 1 N–H and O–H groups in total. The van der Waals surface area contributed by atoms with Gasteiger partial charge in [0.05, 0.1) is 15.2 Å². The molecule has 0 saturated carbocycles. The van der Waals surface area contributed by atoms with Crippen molar-refractivity contribution in [2.45, 2.75) is 39.7 Å². The van der Waals surface area contributed by atoms with Gasteiger partial charge in [0, 0.05) is 6.42 Å². The monoisotopic (exact) mass is 293 g/mol. The normalized spacial score (nSPS) is 12.1. The minimum atomic E-state index is -1.24. The van der Waals surface area contributed by atoms with Gasteiger partial charge in [0.15, 0.2) is 5.60 Å². The Kier molecular flexibility index (Phi) is 3.99. The third-order valence-corrected chi connectivity index (χ3v) is 3.92. The maximum absolute atomic E-state index is 11.1. The molecular weight excluding hydrogens is 274 g/mol. The first-order valence-corrected chi connectivity index (χ1v) is 7.41. The number of nitrogens with zero attached hydrogens (tertiary/aromatic N) is 1. The smallest absolute Gasteiger partial charge is 0.347 e. The predicted molar refractivity (Wildman–Crippen MR) is 80.5 cm³/mol. The van der Waals surface area contributed by atoms with Gasteiger partial charge < -0.3 is 9.84 Å². The van der Waals surface area contributed by atoms with E-state index in [1.807, 2.05) is 12.1 Å². The molecule has 4 nitrogen and oxygen atoms in total. The second kappa shape index (κ2) is 5.40. The zero-order valence-electron chi connectivity index (χ0n) is 12.1. The summed E-state index contributed by atoms with van der Waals surface area (Å²) in [5, 5.41) is 10.2. The lowest BCUT2D eigenvalue weighted by Gasteiger charge is -2.21. The summed E-state index contributed by atoms with van der Waals surface area (Å²) in [5.74, 6) is 0.143. The number of hydrogen-bond donors (Lipinski definition) is 1. The number of rotatable bonds is 5. The lowest BCUT2D eigenvalue weighted by atomic mass is 10.1. The fourth-order valence-electron chi connectivity index (χ4n) is 1.79. The third-order valence-electron chi connectivity index (χ3n) is 2.88. The van der Waals surface area contributed by atoms with E-state index < -0.39 is 11.6 Å². The molecule has 0 bridgehead atoms. The van der Waals surface area contributed by atoms with Gasteiger partial charge >= 0.3 is 5.97 Å². The molecule has 0 unspecified atom stereocenters. The van der Waals surface area contributed by atoms with Crippen LogP contribution >= 0.6 is 11.3 Å². The van der Waals surface area contributed by atoms with Crippen LogP contribution in [0.25, 0.3) is 10.2 Å². The SMILES string of the molecule is CC(C)Cc1nc2ccc(OC(C)(C)C(=O)O)cc2s1. The van der Waals surface area contributed by atoms with Crippen LogP contribution in [0, 0.1) is 5.92 Å². The molecule has 2 aromatic rings. The summed E-state index contributed by atoms with van der Waals surface area (Å²) in [4.78, 5) is 15.7. The lowest BCUT2D eigenvalue weighted by molar-refractivity contribution is -0.152. The maximum Gasteiger partial charge on any atom is 0.347 e. The maximum atomic E-state index is 11.1. The van der Waals surface area contributed by atoms with Gasteiger partial charge in [0.1, 0.15) is 5.75 Å². The van der Waals surface area contributed by atoms with E-state index >= 15 is 0 Å². The molecule has 20 heavy (non-hydrogen) atoms. The molecular formula is C15H19NO3S. The minimum Gasteiger partial charge on any atom is -0.478 e. The Bertz CT molecular complexity index is 631. The molecule has 0 radical (unpaired) electrons. The fourth-order valence-corrected chi connectivity index (χ4v) is 3.00. The van der Waals surface area contributed by atoms with Crippen LogP contribution in [0.4, 0.5) is 0 Å². The van der Waals surface area contributed by atoms with Crippen LogP contribution in [0.2, 0.25) is 0 Å². The molecule has 5 heteroatoms. The van der Waals surface area contributed by atoms with Crippen molar-refractivity contribution in [3.05, 3.63) is 23.2 Å². The second-order valence-electron chi connectivity index (χ2n) is 5.75. The molecule has 1 aromatic heterocycles. The minimum absolute atomic E-state index is 0.560.